The quantitative estimate of drug-likeness (QED) is 0.665. The lowest BCUT2D eigenvalue weighted by atomic mass is 10.1. The molecule has 5 heteroatoms. The summed E-state index contributed by atoms with van der Waals surface area (Å²) < 4.78 is 0.997. The maximum Gasteiger partial charge on any atom is 0.224 e. The highest BCUT2D eigenvalue weighted by atomic mass is 79.9. The van der Waals surface area contributed by atoms with Gasteiger partial charge in [0.25, 0.3) is 0 Å². The summed E-state index contributed by atoms with van der Waals surface area (Å²) >= 11 is 3.52. The second-order valence-corrected chi connectivity index (χ2v) is 5.89. The lowest BCUT2D eigenvalue weighted by Gasteiger charge is -2.09. The van der Waals surface area contributed by atoms with E-state index in [1.54, 1.807) is 6.20 Å². The molecule has 3 aromatic rings. The molecule has 0 amide bonds. The molecule has 0 unspecified atom stereocenters. The molecule has 0 aliphatic carbocycles. The van der Waals surface area contributed by atoms with Crippen LogP contribution in [0.3, 0.4) is 0 Å². The van der Waals surface area contributed by atoms with Crippen molar-refractivity contribution >= 4 is 33.4 Å². The predicted molar refractivity (Wildman–Crippen MR) is 98.1 cm³/mol. The molecule has 1 aromatic heterocycles. The van der Waals surface area contributed by atoms with Crippen LogP contribution >= 0.6 is 15.9 Å². The molecule has 1 heterocycles. The number of hydrogen-bond acceptors (Lipinski definition) is 4. The lowest BCUT2D eigenvalue weighted by molar-refractivity contribution is 0.985. The van der Waals surface area contributed by atoms with Crippen LogP contribution in [0.2, 0.25) is 0 Å². The van der Waals surface area contributed by atoms with Gasteiger partial charge in [-0.25, -0.2) is 4.98 Å². The zero-order valence-corrected chi connectivity index (χ0v) is 14.1. The Morgan fingerprint density at radius 1 is 0.913 bits per heavy atom. The molecule has 4 nitrogen and oxygen atoms in total. The van der Waals surface area contributed by atoms with Crippen LogP contribution in [-0.4, -0.2) is 16.5 Å². The molecule has 0 saturated carbocycles. The first-order chi connectivity index (χ1) is 11.3. The van der Waals surface area contributed by atoms with Gasteiger partial charge in [-0.3, -0.25) is 0 Å². The third kappa shape index (κ3) is 4.53. The van der Waals surface area contributed by atoms with Gasteiger partial charge in [-0.2, -0.15) is 4.98 Å². The van der Waals surface area contributed by atoms with Gasteiger partial charge in [0.05, 0.1) is 5.69 Å². The van der Waals surface area contributed by atoms with Crippen LogP contribution in [0.4, 0.5) is 17.5 Å². The van der Waals surface area contributed by atoms with Crippen molar-refractivity contribution in [2.45, 2.75) is 6.42 Å². The van der Waals surface area contributed by atoms with Gasteiger partial charge in [-0.15, -0.1) is 0 Å². The lowest BCUT2D eigenvalue weighted by Crippen LogP contribution is -2.08. The molecule has 0 aliphatic rings. The number of hydrogen-bond donors (Lipinski definition) is 2. The molecule has 23 heavy (non-hydrogen) atoms. The van der Waals surface area contributed by atoms with Crippen molar-refractivity contribution < 1.29 is 0 Å². The molecule has 116 valence electrons. The predicted octanol–water partition coefficient (Wildman–Crippen LogP) is 4.64. The largest absolute Gasteiger partial charge is 0.354 e. The second-order valence-electron chi connectivity index (χ2n) is 5.03. The zero-order valence-electron chi connectivity index (χ0n) is 12.5. The SMILES string of the molecule is Brc1ccccc1Nc1ccnc(NCCc2ccccc2)n1. The van der Waals surface area contributed by atoms with E-state index in [4.69, 9.17) is 0 Å². The summed E-state index contributed by atoms with van der Waals surface area (Å²) in [5.41, 5.74) is 2.27. The number of benzene rings is 2. The maximum atomic E-state index is 4.49. The Bertz CT molecular complexity index is 762. The van der Waals surface area contributed by atoms with Crippen molar-refractivity contribution in [3.63, 3.8) is 0 Å². The Morgan fingerprint density at radius 2 is 1.70 bits per heavy atom. The molecule has 0 saturated heterocycles. The molecule has 2 aromatic carbocycles. The summed E-state index contributed by atoms with van der Waals surface area (Å²) in [5.74, 6) is 1.38. The third-order valence-corrected chi connectivity index (χ3v) is 4.02. The van der Waals surface area contributed by atoms with Crippen LogP contribution in [0, 0.1) is 0 Å². The first-order valence-electron chi connectivity index (χ1n) is 7.44. The van der Waals surface area contributed by atoms with Gasteiger partial charge in [0.15, 0.2) is 0 Å². The number of halogens is 1. The van der Waals surface area contributed by atoms with E-state index in [1.165, 1.54) is 5.56 Å². The van der Waals surface area contributed by atoms with Gasteiger partial charge in [-0.1, -0.05) is 42.5 Å². The summed E-state index contributed by atoms with van der Waals surface area (Å²) in [6, 6.07) is 20.2. The number of para-hydroxylation sites is 1. The standard InChI is InChI=1S/C18H17BrN4/c19-15-8-4-5-9-16(15)22-17-11-13-21-18(23-17)20-12-10-14-6-2-1-3-7-14/h1-9,11,13H,10,12H2,(H2,20,21,22,23). The molecule has 3 rings (SSSR count). The van der Waals surface area contributed by atoms with Crippen molar-refractivity contribution in [1.82, 2.24) is 9.97 Å². The van der Waals surface area contributed by atoms with Crippen LogP contribution < -0.4 is 10.6 Å². The Morgan fingerprint density at radius 3 is 2.52 bits per heavy atom. The van der Waals surface area contributed by atoms with E-state index in [-0.39, 0.29) is 0 Å². The Labute approximate surface area is 144 Å². The van der Waals surface area contributed by atoms with Gasteiger partial charge < -0.3 is 10.6 Å². The van der Waals surface area contributed by atoms with E-state index < -0.39 is 0 Å². The van der Waals surface area contributed by atoms with Crippen molar-refractivity contribution in [2.24, 2.45) is 0 Å². The van der Waals surface area contributed by atoms with Crippen molar-refractivity contribution in [2.75, 3.05) is 17.2 Å². The van der Waals surface area contributed by atoms with Crippen LogP contribution in [0.25, 0.3) is 0 Å². The highest BCUT2D eigenvalue weighted by Crippen LogP contribution is 2.24. The first kappa shape index (κ1) is 15.5. The van der Waals surface area contributed by atoms with Crippen LogP contribution in [0.5, 0.6) is 0 Å². The number of rotatable bonds is 6. The number of nitrogens with one attached hydrogen (secondary N) is 2. The minimum absolute atomic E-state index is 0.623. The zero-order chi connectivity index (χ0) is 15.9. The van der Waals surface area contributed by atoms with Crippen molar-refractivity contribution in [3.05, 3.63) is 76.9 Å². The van der Waals surface area contributed by atoms with E-state index in [0.29, 0.717) is 5.95 Å². The summed E-state index contributed by atoms with van der Waals surface area (Å²) in [6.45, 7) is 0.794. The smallest absolute Gasteiger partial charge is 0.224 e. The van der Waals surface area contributed by atoms with E-state index in [2.05, 4.69) is 48.7 Å². The topological polar surface area (TPSA) is 49.8 Å². The van der Waals surface area contributed by atoms with E-state index in [0.717, 1.165) is 28.9 Å². The Balaban J connectivity index is 1.60. The van der Waals surface area contributed by atoms with E-state index in [1.807, 2.05) is 48.5 Å². The van der Waals surface area contributed by atoms with Crippen molar-refractivity contribution in [3.8, 4) is 0 Å². The molecule has 0 fully saturated rings. The fourth-order valence-corrected chi connectivity index (χ4v) is 2.56. The van der Waals surface area contributed by atoms with Gasteiger partial charge in [0, 0.05) is 17.2 Å². The van der Waals surface area contributed by atoms with Crippen LogP contribution in [-0.2, 0) is 6.42 Å². The number of nitrogens with zero attached hydrogens (tertiary/aromatic N) is 2. The van der Waals surface area contributed by atoms with Gasteiger partial charge in [-0.05, 0) is 46.1 Å². The first-order valence-corrected chi connectivity index (χ1v) is 8.23. The summed E-state index contributed by atoms with van der Waals surface area (Å²) in [5, 5.41) is 6.54. The van der Waals surface area contributed by atoms with Gasteiger partial charge >= 0.3 is 0 Å². The summed E-state index contributed by atoms with van der Waals surface area (Å²) in [6.07, 6.45) is 2.68. The molecule has 2 N–H and O–H groups in total. The van der Waals surface area contributed by atoms with Crippen LogP contribution in [0.15, 0.2) is 71.3 Å². The Hall–Kier alpha value is -2.40. The number of anilines is 3. The Kier molecular flexibility index (Phi) is 5.21. The average Bonchev–Trinajstić information content (AvgIpc) is 2.58. The van der Waals surface area contributed by atoms with E-state index in [9.17, 15) is 0 Å². The monoisotopic (exact) mass is 368 g/mol. The summed E-state index contributed by atoms with van der Waals surface area (Å²) in [4.78, 5) is 8.75. The second kappa shape index (κ2) is 7.74. The molecule has 0 aliphatic heterocycles. The highest BCUT2D eigenvalue weighted by Gasteiger charge is 2.02. The third-order valence-electron chi connectivity index (χ3n) is 3.33. The molecule has 0 radical (unpaired) electrons. The minimum Gasteiger partial charge on any atom is -0.354 e. The fraction of sp³-hybridized carbons (Fsp3) is 0.111. The van der Waals surface area contributed by atoms with E-state index >= 15 is 0 Å². The minimum atomic E-state index is 0.623. The van der Waals surface area contributed by atoms with Crippen LogP contribution in [0.1, 0.15) is 5.56 Å². The highest BCUT2D eigenvalue weighted by molar-refractivity contribution is 9.10. The van der Waals surface area contributed by atoms with Gasteiger partial charge in [0.2, 0.25) is 5.95 Å². The average molecular weight is 369 g/mol. The maximum absolute atomic E-state index is 4.49. The fourth-order valence-electron chi connectivity index (χ4n) is 2.18. The molecule has 0 bridgehead atoms. The molecular weight excluding hydrogens is 352 g/mol. The van der Waals surface area contributed by atoms with Crippen molar-refractivity contribution in [1.29, 1.82) is 0 Å². The normalized spacial score (nSPS) is 10.3. The summed E-state index contributed by atoms with van der Waals surface area (Å²) in [7, 11) is 0. The van der Waals surface area contributed by atoms with Gasteiger partial charge in [0.1, 0.15) is 5.82 Å². The molecule has 0 spiro atoms. The number of aromatic nitrogens is 2. The molecule has 0 atom stereocenters. The molecular formula is C18H17BrN4.